The van der Waals surface area contributed by atoms with Crippen molar-refractivity contribution in [2.24, 2.45) is 0 Å². The number of carbonyl (C=O) groups excluding carboxylic acids is 1. The number of amides is 1. The van der Waals surface area contributed by atoms with Crippen LogP contribution in [0.3, 0.4) is 0 Å². The molecule has 0 bridgehead atoms. The third kappa shape index (κ3) is 4.45. The first kappa shape index (κ1) is 15.8. The van der Waals surface area contributed by atoms with E-state index >= 15 is 0 Å². The molecule has 1 fully saturated rings. The maximum Gasteiger partial charge on any atom is 0.226 e. The molecule has 0 radical (unpaired) electrons. The van der Waals surface area contributed by atoms with Gasteiger partial charge in [-0.25, -0.2) is 0 Å². The van der Waals surface area contributed by atoms with Gasteiger partial charge in [-0.1, -0.05) is 0 Å². The van der Waals surface area contributed by atoms with Crippen LogP contribution < -0.4 is 15.5 Å². The Balaban J connectivity index is 1.86. The van der Waals surface area contributed by atoms with Gasteiger partial charge in [0, 0.05) is 32.0 Å². The Bertz CT molecular complexity index is 542. The Kier molecular flexibility index (Phi) is 5.72. The first-order valence-corrected chi connectivity index (χ1v) is 7.30. The molecular formula is C15H20N6O. The van der Waals surface area contributed by atoms with Crippen LogP contribution in [-0.4, -0.2) is 41.6 Å². The third-order valence-electron chi connectivity index (χ3n) is 3.55. The summed E-state index contributed by atoms with van der Waals surface area (Å²) in [6.45, 7) is 1.74. The summed E-state index contributed by atoms with van der Waals surface area (Å²) in [5.41, 5.74) is 0. The minimum absolute atomic E-state index is 0.154. The van der Waals surface area contributed by atoms with E-state index in [1.54, 1.807) is 6.07 Å². The van der Waals surface area contributed by atoms with Crippen molar-refractivity contribution in [2.45, 2.75) is 31.7 Å². The first-order valence-electron chi connectivity index (χ1n) is 7.30. The van der Waals surface area contributed by atoms with Crippen molar-refractivity contribution in [3.63, 3.8) is 0 Å². The molecule has 3 N–H and O–H groups in total. The number of rotatable bonds is 6. The van der Waals surface area contributed by atoms with Crippen LogP contribution in [0.4, 0.5) is 11.6 Å². The summed E-state index contributed by atoms with van der Waals surface area (Å²) in [6, 6.07) is 3.96. The monoisotopic (exact) mass is 300 g/mol. The number of carbonyl (C=O) groups is 1. The smallest absolute Gasteiger partial charge is 0.226 e. The molecule has 7 heteroatoms. The lowest BCUT2D eigenvalue weighted by atomic mass is 10.1. The Hall–Kier alpha value is -2.62. The summed E-state index contributed by atoms with van der Waals surface area (Å²) in [7, 11) is 0. The molecule has 2 rings (SSSR count). The predicted octanol–water partition coefficient (Wildman–Crippen LogP) is 0.994. The van der Waals surface area contributed by atoms with Crippen LogP contribution in [0, 0.1) is 17.8 Å². The molecule has 0 saturated carbocycles. The number of hydrogen-bond donors (Lipinski definition) is 3. The molecule has 0 aromatic carbocycles. The molecule has 0 aliphatic carbocycles. The Labute approximate surface area is 130 Å². The Morgan fingerprint density at radius 3 is 2.82 bits per heavy atom. The van der Waals surface area contributed by atoms with Gasteiger partial charge in [-0.3, -0.25) is 10.2 Å². The lowest BCUT2D eigenvalue weighted by Gasteiger charge is -2.32. The molecule has 2 heterocycles. The van der Waals surface area contributed by atoms with Crippen LogP contribution in [0.2, 0.25) is 0 Å². The molecule has 22 heavy (non-hydrogen) atoms. The molecule has 116 valence electrons. The van der Waals surface area contributed by atoms with Crippen molar-refractivity contribution >= 4 is 23.9 Å². The highest BCUT2D eigenvalue weighted by Crippen LogP contribution is 2.18. The minimum atomic E-state index is -0.154. The van der Waals surface area contributed by atoms with Gasteiger partial charge < -0.3 is 15.5 Å². The molecule has 1 aromatic heterocycles. The number of nitrogens with one attached hydrogen (secondary N) is 3. The molecule has 0 unspecified atom stereocenters. The van der Waals surface area contributed by atoms with E-state index in [1.807, 2.05) is 6.07 Å². The summed E-state index contributed by atoms with van der Waals surface area (Å²) >= 11 is 0. The fraction of sp³-hybridized carbons (Fsp3) is 0.467. The van der Waals surface area contributed by atoms with Crippen molar-refractivity contribution in [1.29, 1.82) is 5.41 Å². The normalized spacial score (nSPS) is 15.0. The number of anilines is 2. The van der Waals surface area contributed by atoms with Crippen molar-refractivity contribution in [1.82, 2.24) is 15.5 Å². The maximum absolute atomic E-state index is 11.5. The van der Waals surface area contributed by atoms with Crippen LogP contribution in [-0.2, 0) is 4.79 Å². The average molecular weight is 300 g/mol. The summed E-state index contributed by atoms with van der Waals surface area (Å²) < 4.78 is 0. The van der Waals surface area contributed by atoms with E-state index in [0.29, 0.717) is 18.3 Å². The number of terminal acetylenes is 1. The molecule has 0 spiro atoms. The molecule has 0 atom stereocenters. The SMILES string of the molecule is C#CCCC(=O)Nc1ccc(N2CCC(NC=N)CC2)nn1. The zero-order valence-corrected chi connectivity index (χ0v) is 12.4. The molecular weight excluding hydrogens is 280 g/mol. The lowest BCUT2D eigenvalue weighted by molar-refractivity contribution is -0.116. The van der Waals surface area contributed by atoms with Crippen molar-refractivity contribution < 1.29 is 4.79 Å². The van der Waals surface area contributed by atoms with Gasteiger partial charge in [0.2, 0.25) is 5.91 Å². The van der Waals surface area contributed by atoms with Crippen molar-refractivity contribution in [2.75, 3.05) is 23.3 Å². The summed E-state index contributed by atoms with van der Waals surface area (Å²) in [5.74, 6) is 3.51. The van der Waals surface area contributed by atoms with Gasteiger partial charge in [0.25, 0.3) is 0 Å². The van der Waals surface area contributed by atoms with E-state index < -0.39 is 0 Å². The fourth-order valence-electron chi connectivity index (χ4n) is 2.34. The summed E-state index contributed by atoms with van der Waals surface area (Å²) in [5, 5.41) is 20.9. The topological polar surface area (TPSA) is 94.0 Å². The number of aromatic nitrogens is 2. The average Bonchev–Trinajstić information content (AvgIpc) is 2.55. The molecule has 1 aliphatic heterocycles. The van der Waals surface area contributed by atoms with E-state index in [1.165, 1.54) is 6.34 Å². The second kappa shape index (κ2) is 7.98. The Morgan fingerprint density at radius 2 is 2.23 bits per heavy atom. The quantitative estimate of drug-likeness (QED) is 0.414. The van der Waals surface area contributed by atoms with Gasteiger partial charge in [-0.15, -0.1) is 22.5 Å². The molecule has 7 nitrogen and oxygen atoms in total. The van der Waals surface area contributed by atoms with Gasteiger partial charge in [0.05, 0.1) is 6.34 Å². The van der Waals surface area contributed by atoms with Gasteiger partial charge in [-0.2, -0.15) is 0 Å². The van der Waals surface area contributed by atoms with E-state index in [0.717, 1.165) is 31.7 Å². The van der Waals surface area contributed by atoms with Gasteiger partial charge in [0.1, 0.15) is 0 Å². The highest BCUT2D eigenvalue weighted by molar-refractivity contribution is 5.89. The zero-order valence-electron chi connectivity index (χ0n) is 12.4. The molecule has 1 amide bonds. The van der Waals surface area contributed by atoms with Crippen LogP contribution in [0.25, 0.3) is 0 Å². The van der Waals surface area contributed by atoms with Crippen molar-refractivity contribution in [3.8, 4) is 12.3 Å². The Morgan fingerprint density at radius 1 is 1.45 bits per heavy atom. The molecule has 1 saturated heterocycles. The second-order valence-electron chi connectivity index (χ2n) is 5.10. The summed E-state index contributed by atoms with van der Waals surface area (Å²) in [4.78, 5) is 13.7. The standard InChI is InChI=1S/C15H20N6O/c1-2-3-4-15(22)18-13-5-6-14(20-19-13)21-9-7-12(8-10-21)17-11-16/h1,5-6,11-12H,3-4,7-10H2,(H2,16,17)(H,18,19,22). The number of nitrogens with zero attached hydrogens (tertiary/aromatic N) is 3. The first-order chi connectivity index (χ1) is 10.7. The molecule has 1 aromatic rings. The van der Waals surface area contributed by atoms with Crippen LogP contribution >= 0.6 is 0 Å². The lowest BCUT2D eigenvalue weighted by Crippen LogP contribution is -2.42. The number of piperidine rings is 1. The minimum Gasteiger partial charge on any atom is -0.374 e. The second-order valence-corrected chi connectivity index (χ2v) is 5.10. The zero-order chi connectivity index (χ0) is 15.8. The van der Waals surface area contributed by atoms with E-state index in [9.17, 15) is 4.79 Å². The number of hydrogen-bond acceptors (Lipinski definition) is 5. The maximum atomic E-state index is 11.5. The predicted molar refractivity (Wildman–Crippen MR) is 85.9 cm³/mol. The van der Waals surface area contributed by atoms with Gasteiger partial charge >= 0.3 is 0 Å². The van der Waals surface area contributed by atoms with Crippen LogP contribution in [0.5, 0.6) is 0 Å². The van der Waals surface area contributed by atoms with E-state index in [-0.39, 0.29) is 12.3 Å². The highest BCUT2D eigenvalue weighted by atomic mass is 16.1. The van der Waals surface area contributed by atoms with E-state index in [2.05, 4.69) is 31.7 Å². The van der Waals surface area contributed by atoms with Crippen LogP contribution in [0.15, 0.2) is 12.1 Å². The van der Waals surface area contributed by atoms with E-state index in [4.69, 9.17) is 11.8 Å². The fourth-order valence-corrected chi connectivity index (χ4v) is 2.34. The van der Waals surface area contributed by atoms with Crippen LogP contribution in [0.1, 0.15) is 25.7 Å². The van der Waals surface area contributed by atoms with Gasteiger partial charge in [0.15, 0.2) is 11.6 Å². The molecule has 1 aliphatic rings. The largest absolute Gasteiger partial charge is 0.374 e. The van der Waals surface area contributed by atoms with Gasteiger partial charge in [-0.05, 0) is 25.0 Å². The highest BCUT2D eigenvalue weighted by Gasteiger charge is 2.19. The summed E-state index contributed by atoms with van der Waals surface area (Å²) in [6.07, 6.45) is 8.99. The third-order valence-corrected chi connectivity index (χ3v) is 3.55. The van der Waals surface area contributed by atoms with Crippen molar-refractivity contribution in [3.05, 3.63) is 12.1 Å².